The molecule has 3 N–H and O–H groups in total. The highest BCUT2D eigenvalue weighted by atomic mass is 16.5. The predicted molar refractivity (Wildman–Crippen MR) is 106 cm³/mol. The second kappa shape index (κ2) is 11.1. The third-order valence-corrected chi connectivity index (χ3v) is 4.56. The summed E-state index contributed by atoms with van der Waals surface area (Å²) in [5.74, 6) is -0.977. The summed E-state index contributed by atoms with van der Waals surface area (Å²) in [4.78, 5) is 35.7. The lowest BCUT2D eigenvalue weighted by atomic mass is 9.95. The molecule has 1 saturated carbocycles. The third kappa shape index (κ3) is 7.38. The first-order chi connectivity index (χ1) is 13.5. The Morgan fingerprint density at radius 2 is 1.75 bits per heavy atom. The number of hydrogen-bond acceptors (Lipinski definition) is 5. The summed E-state index contributed by atoms with van der Waals surface area (Å²) in [5.41, 5.74) is 3.56. The first-order valence-electron chi connectivity index (χ1n) is 9.51. The molecule has 0 aliphatic heterocycles. The Hall–Kier alpha value is -2.90. The van der Waals surface area contributed by atoms with Gasteiger partial charge in [0.25, 0.3) is 0 Å². The molecule has 28 heavy (non-hydrogen) atoms. The van der Waals surface area contributed by atoms with E-state index in [2.05, 4.69) is 21.2 Å². The predicted octanol–water partition coefficient (Wildman–Crippen LogP) is 1.64. The van der Waals surface area contributed by atoms with Crippen LogP contribution < -0.4 is 20.8 Å². The fourth-order valence-electron chi connectivity index (χ4n) is 2.97. The van der Waals surface area contributed by atoms with E-state index in [-0.39, 0.29) is 18.4 Å². The van der Waals surface area contributed by atoms with Crippen LogP contribution in [0, 0.1) is 0 Å². The molecule has 0 atom stereocenters. The maximum absolute atomic E-state index is 12.0. The van der Waals surface area contributed by atoms with Gasteiger partial charge in [-0.3, -0.25) is 14.4 Å². The van der Waals surface area contributed by atoms with E-state index in [1.807, 2.05) is 24.3 Å². The fourth-order valence-corrected chi connectivity index (χ4v) is 2.97. The summed E-state index contributed by atoms with van der Waals surface area (Å²) in [6.45, 7) is 2.00. The van der Waals surface area contributed by atoms with Crippen LogP contribution in [0.3, 0.4) is 0 Å². The number of hydrazone groups is 1. The molecule has 1 aromatic carbocycles. The van der Waals surface area contributed by atoms with Crippen LogP contribution in [0.15, 0.2) is 29.4 Å². The van der Waals surface area contributed by atoms with Crippen LogP contribution in [-0.4, -0.2) is 36.6 Å². The van der Waals surface area contributed by atoms with Gasteiger partial charge < -0.3 is 15.4 Å². The second-order valence-electron chi connectivity index (χ2n) is 6.90. The van der Waals surface area contributed by atoms with E-state index >= 15 is 0 Å². The lowest BCUT2D eigenvalue weighted by Gasteiger charge is -2.22. The number of benzene rings is 1. The molecule has 1 aromatic rings. The minimum atomic E-state index is -0.816. The van der Waals surface area contributed by atoms with Gasteiger partial charge in [-0.15, -0.1) is 0 Å². The number of ether oxygens (including phenoxy) is 1. The maximum atomic E-state index is 12.0. The molecule has 0 unspecified atom stereocenters. The first-order valence-corrected chi connectivity index (χ1v) is 9.51. The standard InChI is InChI=1S/C20H28N4O4/c1-14(12-18(25)21-13-15-8-10-17(28-2)11-9-15)23-24-20(27)19(26)22-16-6-4-3-5-7-16/h8-11,16H,3-7,12-13H2,1-2H3,(H,21,25)(H,22,26)(H,24,27). The van der Waals surface area contributed by atoms with Crippen LogP contribution in [0.5, 0.6) is 5.75 Å². The zero-order valence-corrected chi connectivity index (χ0v) is 16.4. The molecular weight excluding hydrogens is 360 g/mol. The normalized spacial score (nSPS) is 14.9. The number of methoxy groups -OCH3 is 1. The number of carbonyl (C=O) groups excluding carboxylic acids is 3. The van der Waals surface area contributed by atoms with Crippen LogP contribution in [-0.2, 0) is 20.9 Å². The van der Waals surface area contributed by atoms with Gasteiger partial charge in [0, 0.05) is 18.3 Å². The molecule has 0 radical (unpaired) electrons. The van der Waals surface area contributed by atoms with Gasteiger partial charge in [-0.1, -0.05) is 31.4 Å². The van der Waals surface area contributed by atoms with Crippen LogP contribution >= 0.6 is 0 Å². The largest absolute Gasteiger partial charge is 0.497 e. The Morgan fingerprint density at radius 3 is 2.39 bits per heavy atom. The van der Waals surface area contributed by atoms with Gasteiger partial charge >= 0.3 is 11.8 Å². The van der Waals surface area contributed by atoms with E-state index in [9.17, 15) is 14.4 Å². The molecule has 8 heteroatoms. The third-order valence-electron chi connectivity index (χ3n) is 4.56. The van der Waals surface area contributed by atoms with Crippen LogP contribution in [0.2, 0.25) is 0 Å². The van der Waals surface area contributed by atoms with E-state index in [1.165, 1.54) is 6.42 Å². The van der Waals surface area contributed by atoms with Crippen molar-refractivity contribution in [2.75, 3.05) is 7.11 Å². The summed E-state index contributed by atoms with van der Waals surface area (Å²) >= 11 is 0. The molecule has 1 aliphatic carbocycles. The van der Waals surface area contributed by atoms with Crippen molar-refractivity contribution >= 4 is 23.4 Å². The van der Waals surface area contributed by atoms with Crippen molar-refractivity contribution in [2.45, 2.75) is 58.0 Å². The Kier molecular flexibility index (Phi) is 8.45. The minimum Gasteiger partial charge on any atom is -0.497 e. The van der Waals surface area contributed by atoms with E-state index < -0.39 is 11.8 Å². The number of rotatable bonds is 7. The highest BCUT2D eigenvalue weighted by Gasteiger charge is 2.20. The molecule has 152 valence electrons. The summed E-state index contributed by atoms with van der Waals surface area (Å²) < 4.78 is 5.09. The molecule has 1 aliphatic rings. The Labute approximate surface area is 165 Å². The lowest BCUT2D eigenvalue weighted by molar-refractivity contribution is -0.139. The number of hydrogen-bond donors (Lipinski definition) is 3. The van der Waals surface area contributed by atoms with Crippen molar-refractivity contribution in [1.82, 2.24) is 16.1 Å². The van der Waals surface area contributed by atoms with E-state index in [0.29, 0.717) is 12.3 Å². The average molecular weight is 388 g/mol. The molecule has 8 nitrogen and oxygen atoms in total. The van der Waals surface area contributed by atoms with Crippen molar-refractivity contribution < 1.29 is 19.1 Å². The molecule has 0 heterocycles. The van der Waals surface area contributed by atoms with Gasteiger partial charge in [-0.2, -0.15) is 5.10 Å². The van der Waals surface area contributed by atoms with Crippen molar-refractivity contribution in [3.05, 3.63) is 29.8 Å². The summed E-state index contributed by atoms with van der Waals surface area (Å²) in [6, 6.07) is 7.43. The van der Waals surface area contributed by atoms with Crippen molar-refractivity contribution in [3.63, 3.8) is 0 Å². The van der Waals surface area contributed by atoms with Gasteiger partial charge in [-0.05, 0) is 37.5 Å². The number of nitrogens with zero attached hydrogens (tertiary/aromatic N) is 1. The molecule has 0 saturated heterocycles. The number of carbonyl (C=O) groups is 3. The van der Waals surface area contributed by atoms with Crippen LogP contribution in [0.25, 0.3) is 0 Å². The molecule has 1 fully saturated rings. The Balaban J connectivity index is 1.70. The smallest absolute Gasteiger partial charge is 0.329 e. The van der Waals surface area contributed by atoms with Gasteiger partial charge in [0.1, 0.15) is 5.75 Å². The van der Waals surface area contributed by atoms with Crippen LogP contribution in [0.4, 0.5) is 0 Å². The van der Waals surface area contributed by atoms with E-state index in [0.717, 1.165) is 37.0 Å². The Bertz CT molecular complexity index is 709. The monoisotopic (exact) mass is 388 g/mol. The SMILES string of the molecule is COc1ccc(CNC(=O)CC(C)=NNC(=O)C(=O)NC2CCCCC2)cc1. The Morgan fingerprint density at radius 1 is 1.07 bits per heavy atom. The van der Waals surface area contributed by atoms with Gasteiger partial charge in [0.05, 0.1) is 13.5 Å². The summed E-state index contributed by atoms with van der Waals surface area (Å²) in [5, 5.41) is 9.34. The average Bonchev–Trinajstić information content (AvgIpc) is 2.71. The molecule has 3 amide bonds. The zero-order chi connectivity index (χ0) is 20.4. The quantitative estimate of drug-likeness (QED) is 0.375. The second-order valence-corrected chi connectivity index (χ2v) is 6.90. The van der Waals surface area contributed by atoms with Crippen molar-refractivity contribution in [3.8, 4) is 5.75 Å². The number of nitrogens with one attached hydrogen (secondary N) is 3. The number of amides is 3. The summed E-state index contributed by atoms with van der Waals surface area (Å²) in [6.07, 6.45) is 5.12. The molecule has 2 rings (SSSR count). The minimum absolute atomic E-state index is 0.0285. The fraction of sp³-hybridized carbons (Fsp3) is 0.500. The summed E-state index contributed by atoms with van der Waals surface area (Å²) in [7, 11) is 1.59. The van der Waals surface area contributed by atoms with Gasteiger partial charge in [0.15, 0.2) is 0 Å². The highest BCUT2D eigenvalue weighted by molar-refractivity contribution is 6.35. The topological polar surface area (TPSA) is 109 Å². The molecular formula is C20H28N4O4. The highest BCUT2D eigenvalue weighted by Crippen LogP contribution is 2.17. The molecule has 0 spiro atoms. The first kappa shape index (κ1) is 21.4. The molecule has 0 bridgehead atoms. The van der Waals surface area contributed by atoms with Crippen molar-refractivity contribution in [1.29, 1.82) is 0 Å². The lowest BCUT2D eigenvalue weighted by Crippen LogP contribution is -2.44. The maximum Gasteiger partial charge on any atom is 0.329 e. The van der Waals surface area contributed by atoms with Crippen molar-refractivity contribution in [2.24, 2.45) is 5.10 Å². The van der Waals surface area contributed by atoms with Gasteiger partial charge in [-0.25, -0.2) is 5.43 Å². The zero-order valence-electron chi connectivity index (χ0n) is 16.4. The van der Waals surface area contributed by atoms with E-state index in [1.54, 1.807) is 14.0 Å². The molecule has 0 aromatic heterocycles. The van der Waals surface area contributed by atoms with E-state index in [4.69, 9.17) is 4.74 Å². The van der Waals surface area contributed by atoms with Crippen LogP contribution in [0.1, 0.15) is 51.0 Å². The van der Waals surface area contributed by atoms with Gasteiger partial charge in [0.2, 0.25) is 5.91 Å².